The van der Waals surface area contributed by atoms with Crippen molar-refractivity contribution in [2.24, 2.45) is 0 Å². The van der Waals surface area contributed by atoms with Gasteiger partial charge in [0.15, 0.2) is 0 Å². The Morgan fingerprint density at radius 2 is 1.91 bits per heavy atom. The zero-order chi connectivity index (χ0) is 16.3. The molecule has 9 heteroatoms. The smallest absolute Gasteiger partial charge is 0.269 e. The molecule has 118 valence electrons. The van der Waals surface area contributed by atoms with Crippen molar-refractivity contribution in [3.63, 3.8) is 0 Å². The number of benzene rings is 1. The van der Waals surface area contributed by atoms with Crippen LogP contribution in [-0.2, 0) is 16.4 Å². The Bertz CT molecular complexity index is 761. The van der Waals surface area contributed by atoms with Crippen molar-refractivity contribution in [3.8, 4) is 0 Å². The van der Waals surface area contributed by atoms with Crippen LogP contribution in [-0.4, -0.2) is 30.1 Å². The lowest BCUT2D eigenvalue weighted by atomic mass is 10.1. The number of aromatic nitrogens is 2. The molecule has 0 amide bonds. The fourth-order valence-corrected chi connectivity index (χ4v) is 3.52. The van der Waals surface area contributed by atoms with Crippen LogP contribution in [0.15, 0.2) is 29.2 Å². The van der Waals surface area contributed by atoms with Crippen molar-refractivity contribution in [2.75, 3.05) is 6.54 Å². The lowest BCUT2D eigenvalue weighted by Crippen LogP contribution is -2.26. The second-order valence-corrected chi connectivity index (χ2v) is 6.54. The largest absolute Gasteiger partial charge is 0.281 e. The summed E-state index contributed by atoms with van der Waals surface area (Å²) in [6.45, 7) is 3.46. The predicted octanol–water partition coefficient (Wildman–Crippen LogP) is 1.46. The minimum Gasteiger partial charge on any atom is -0.281 e. The number of hydrogen-bond donors (Lipinski definition) is 2. The van der Waals surface area contributed by atoms with Gasteiger partial charge in [-0.2, -0.15) is 5.10 Å². The molecule has 0 aliphatic heterocycles. The van der Waals surface area contributed by atoms with Gasteiger partial charge in [0.25, 0.3) is 5.69 Å². The molecule has 0 aliphatic rings. The topological polar surface area (TPSA) is 118 Å². The van der Waals surface area contributed by atoms with Crippen LogP contribution in [0.4, 0.5) is 5.69 Å². The van der Waals surface area contributed by atoms with Gasteiger partial charge in [-0.1, -0.05) is 12.1 Å². The summed E-state index contributed by atoms with van der Waals surface area (Å²) >= 11 is 0. The zero-order valence-electron chi connectivity index (χ0n) is 12.2. The third-order valence-electron chi connectivity index (χ3n) is 3.18. The number of aromatic amines is 1. The average Bonchev–Trinajstić information content (AvgIpc) is 2.79. The summed E-state index contributed by atoms with van der Waals surface area (Å²) in [5, 5.41) is 17.1. The molecule has 0 saturated carbocycles. The van der Waals surface area contributed by atoms with Crippen molar-refractivity contribution < 1.29 is 13.3 Å². The van der Waals surface area contributed by atoms with Crippen LogP contribution < -0.4 is 4.72 Å². The number of hydrogen-bond acceptors (Lipinski definition) is 5. The van der Waals surface area contributed by atoms with E-state index in [0.717, 1.165) is 5.56 Å². The van der Waals surface area contributed by atoms with Gasteiger partial charge in [0, 0.05) is 18.7 Å². The monoisotopic (exact) mass is 324 g/mol. The molecule has 0 saturated heterocycles. The van der Waals surface area contributed by atoms with E-state index in [0.29, 0.717) is 17.8 Å². The van der Waals surface area contributed by atoms with E-state index in [4.69, 9.17) is 0 Å². The van der Waals surface area contributed by atoms with Gasteiger partial charge in [0.1, 0.15) is 4.90 Å². The maximum Gasteiger partial charge on any atom is 0.269 e. The zero-order valence-corrected chi connectivity index (χ0v) is 13.0. The Kier molecular flexibility index (Phi) is 4.57. The average molecular weight is 324 g/mol. The second-order valence-electron chi connectivity index (χ2n) is 4.83. The van der Waals surface area contributed by atoms with Crippen molar-refractivity contribution in [3.05, 3.63) is 51.3 Å². The first kappa shape index (κ1) is 16.1. The molecule has 0 atom stereocenters. The van der Waals surface area contributed by atoms with E-state index in [9.17, 15) is 18.5 Å². The van der Waals surface area contributed by atoms with Crippen molar-refractivity contribution in [1.82, 2.24) is 14.9 Å². The highest BCUT2D eigenvalue weighted by Crippen LogP contribution is 2.16. The van der Waals surface area contributed by atoms with Crippen LogP contribution in [0, 0.1) is 24.0 Å². The summed E-state index contributed by atoms with van der Waals surface area (Å²) in [4.78, 5) is 10.2. The summed E-state index contributed by atoms with van der Waals surface area (Å²) in [6, 6.07) is 6.02. The van der Waals surface area contributed by atoms with Crippen molar-refractivity contribution in [1.29, 1.82) is 0 Å². The van der Waals surface area contributed by atoms with Crippen LogP contribution in [0.2, 0.25) is 0 Å². The SMILES string of the molecule is Cc1n[nH]c(C)c1S(=O)(=O)NCCc1ccc([N+](=O)[O-])cc1. The first-order valence-electron chi connectivity index (χ1n) is 6.56. The normalized spacial score (nSPS) is 11.5. The molecule has 2 rings (SSSR count). The quantitative estimate of drug-likeness (QED) is 0.616. The number of rotatable bonds is 6. The van der Waals surface area contributed by atoms with Gasteiger partial charge >= 0.3 is 0 Å². The first-order valence-corrected chi connectivity index (χ1v) is 8.04. The Morgan fingerprint density at radius 3 is 2.41 bits per heavy atom. The standard InChI is InChI=1S/C13H16N4O4S/c1-9-13(10(2)16-15-9)22(20,21)14-8-7-11-3-5-12(6-4-11)17(18)19/h3-6,14H,7-8H2,1-2H3,(H,15,16). The third-order valence-corrected chi connectivity index (χ3v) is 4.91. The summed E-state index contributed by atoms with van der Waals surface area (Å²) < 4.78 is 26.9. The lowest BCUT2D eigenvalue weighted by molar-refractivity contribution is -0.384. The van der Waals surface area contributed by atoms with Crippen molar-refractivity contribution in [2.45, 2.75) is 25.2 Å². The number of nitro benzene ring substituents is 1. The first-order chi connectivity index (χ1) is 10.3. The molecule has 8 nitrogen and oxygen atoms in total. The molecule has 0 fully saturated rings. The second kappa shape index (κ2) is 6.24. The molecular weight excluding hydrogens is 308 g/mol. The number of nitrogens with one attached hydrogen (secondary N) is 2. The van der Waals surface area contributed by atoms with E-state index in [2.05, 4.69) is 14.9 Å². The fraction of sp³-hybridized carbons (Fsp3) is 0.308. The highest BCUT2D eigenvalue weighted by Gasteiger charge is 2.21. The van der Waals surface area contributed by atoms with E-state index in [1.54, 1.807) is 26.0 Å². The van der Waals surface area contributed by atoms with Gasteiger partial charge in [0.05, 0.1) is 16.3 Å². The molecule has 0 bridgehead atoms. The number of H-pyrrole nitrogens is 1. The summed E-state index contributed by atoms with van der Waals surface area (Å²) in [5.74, 6) is 0. The van der Waals surface area contributed by atoms with E-state index < -0.39 is 14.9 Å². The Morgan fingerprint density at radius 1 is 1.27 bits per heavy atom. The van der Waals surface area contributed by atoms with E-state index in [1.807, 2.05) is 0 Å². The molecule has 0 radical (unpaired) electrons. The minimum absolute atomic E-state index is 0.00831. The molecular formula is C13H16N4O4S. The van der Waals surface area contributed by atoms with Crippen LogP contribution in [0.1, 0.15) is 17.0 Å². The van der Waals surface area contributed by atoms with E-state index >= 15 is 0 Å². The molecule has 2 N–H and O–H groups in total. The molecule has 0 unspecified atom stereocenters. The van der Waals surface area contributed by atoms with Gasteiger partial charge in [-0.15, -0.1) is 0 Å². The highest BCUT2D eigenvalue weighted by atomic mass is 32.2. The van der Waals surface area contributed by atoms with Gasteiger partial charge in [-0.25, -0.2) is 13.1 Å². The van der Waals surface area contributed by atoms with Crippen LogP contribution >= 0.6 is 0 Å². The lowest BCUT2D eigenvalue weighted by Gasteiger charge is -2.07. The third kappa shape index (κ3) is 3.49. The molecule has 0 spiro atoms. The minimum atomic E-state index is -3.62. The molecule has 2 aromatic rings. The van der Waals surface area contributed by atoms with E-state index in [1.165, 1.54) is 12.1 Å². The maximum absolute atomic E-state index is 12.2. The van der Waals surface area contributed by atoms with E-state index in [-0.39, 0.29) is 17.1 Å². The Hall–Kier alpha value is -2.26. The number of aryl methyl sites for hydroxylation is 2. The predicted molar refractivity (Wildman–Crippen MR) is 80.1 cm³/mol. The molecule has 1 heterocycles. The van der Waals surface area contributed by atoms with Gasteiger partial charge in [0.2, 0.25) is 10.0 Å². The van der Waals surface area contributed by atoms with Crippen molar-refractivity contribution >= 4 is 15.7 Å². The summed E-state index contributed by atoms with van der Waals surface area (Å²) in [5.41, 5.74) is 1.73. The van der Waals surface area contributed by atoms with Crippen LogP contribution in [0.5, 0.6) is 0 Å². The summed E-state index contributed by atoms with van der Waals surface area (Å²) in [6.07, 6.45) is 0.438. The molecule has 1 aromatic heterocycles. The van der Waals surface area contributed by atoms with Gasteiger partial charge in [-0.05, 0) is 25.8 Å². The Labute approximate surface area is 127 Å². The molecule has 22 heavy (non-hydrogen) atoms. The molecule has 0 aliphatic carbocycles. The van der Waals surface area contributed by atoms with Gasteiger partial charge < -0.3 is 0 Å². The number of non-ortho nitro benzene ring substituents is 1. The highest BCUT2D eigenvalue weighted by molar-refractivity contribution is 7.89. The van der Waals surface area contributed by atoms with Crippen LogP contribution in [0.25, 0.3) is 0 Å². The van der Waals surface area contributed by atoms with Gasteiger partial charge in [-0.3, -0.25) is 15.2 Å². The number of nitro groups is 1. The summed E-state index contributed by atoms with van der Waals surface area (Å²) in [7, 11) is -3.62. The van der Waals surface area contributed by atoms with Crippen LogP contribution in [0.3, 0.4) is 0 Å². The molecule has 1 aromatic carbocycles. The maximum atomic E-state index is 12.2. The fourth-order valence-electron chi connectivity index (χ4n) is 2.12. The number of sulfonamides is 1. The number of nitrogens with zero attached hydrogens (tertiary/aromatic N) is 2. The Balaban J connectivity index is 2.00.